The van der Waals surface area contributed by atoms with E-state index < -0.39 is 0 Å². The number of rotatable bonds is 5. The molecule has 1 heterocycles. The van der Waals surface area contributed by atoms with Gasteiger partial charge in [0.15, 0.2) is 0 Å². The fourth-order valence-electron chi connectivity index (χ4n) is 3.58. The van der Waals surface area contributed by atoms with Crippen molar-refractivity contribution in [3.8, 4) is 0 Å². The van der Waals surface area contributed by atoms with Crippen molar-refractivity contribution in [1.82, 2.24) is 10.2 Å². The van der Waals surface area contributed by atoms with Crippen LogP contribution in [0.3, 0.4) is 0 Å². The van der Waals surface area contributed by atoms with Crippen LogP contribution in [0.25, 0.3) is 0 Å². The van der Waals surface area contributed by atoms with Gasteiger partial charge in [-0.15, -0.1) is 0 Å². The lowest BCUT2D eigenvalue weighted by atomic mass is 10.2. The summed E-state index contributed by atoms with van der Waals surface area (Å²) in [4.78, 5) is 16.2. The number of nitrogens with zero attached hydrogens (tertiary/aromatic N) is 2. The largest absolute Gasteiger partial charge is 0.366 e. The van der Waals surface area contributed by atoms with Crippen LogP contribution in [0.2, 0.25) is 0 Å². The van der Waals surface area contributed by atoms with Gasteiger partial charge >= 0.3 is 0 Å². The second-order valence-corrected chi connectivity index (χ2v) is 6.50. The first-order valence-corrected chi connectivity index (χ1v) is 8.74. The summed E-state index contributed by atoms with van der Waals surface area (Å²) in [6, 6.07) is 7.46. The Bertz CT molecular complexity index is 523. The van der Waals surface area contributed by atoms with Crippen molar-refractivity contribution in [3.05, 3.63) is 30.1 Å². The Balaban J connectivity index is 1.41. The van der Waals surface area contributed by atoms with E-state index in [9.17, 15) is 9.18 Å². The molecule has 1 aliphatic carbocycles. The van der Waals surface area contributed by atoms with Gasteiger partial charge in [-0.1, -0.05) is 25.0 Å². The van der Waals surface area contributed by atoms with E-state index in [1.165, 1.54) is 31.7 Å². The third kappa shape index (κ3) is 4.22. The maximum Gasteiger partial charge on any atom is 0.223 e. The molecule has 1 N–H and O–H groups in total. The zero-order chi connectivity index (χ0) is 16.1. The molecule has 0 spiro atoms. The number of anilines is 1. The normalized spacial score (nSPS) is 19.3. The van der Waals surface area contributed by atoms with E-state index in [1.54, 1.807) is 12.1 Å². The minimum Gasteiger partial charge on any atom is -0.366 e. The number of carbonyl (C=O) groups excluding carboxylic acids is 1. The highest BCUT2D eigenvalue weighted by molar-refractivity contribution is 5.76. The van der Waals surface area contributed by atoms with Crippen LogP contribution in [0.1, 0.15) is 32.1 Å². The molecule has 0 unspecified atom stereocenters. The Morgan fingerprint density at radius 3 is 2.52 bits per heavy atom. The number of para-hydroxylation sites is 1. The van der Waals surface area contributed by atoms with Crippen LogP contribution in [0.15, 0.2) is 24.3 Å². The highest BCUT2D eigenvalue weighted by Crippen LogP contribution is 2.20. The lowest BCUT2D eigenvalue weighted by Crippen LogP contribution is -2.49. The summed E-state index contributed by atoms with van der Waals surface area (Å²) < 4.78 is 13.8. The van der Waals surface area contributed by atoms with Crippen LogP contribution >= 0.6 is 0 Å². The zero-order valence-corrected chi connectivity index (χ0v) is 13.6. The molecule has 2 aliphatic rings. The van der Waals surface area contributed by atoms with E-state index in [4.69, 9.17) is 0 Å². The van der Waals surface area contributed by atoms with Gasteiger partial charge in [0, 0.05) is 45.2 Å². The minimum absolute atomic E-state index is 0.187. The van der Waals surface area contributed by atoms with Gasteiger partial charge in [0.1, 0.15) is 5.82 Å². The van der Waals surface area contributed by atoms with E-state index in [1.807, 2.05) is 15.9 Å². The molecule has 5 heteroatoms. The molecule has 1 saturated heterocycles. The van der Waals surface area contributed by atoms with Crippen molar-refractivity contribution in [2.24, 2.45) is 0 Å². The lowest BCUT2D eigenvalue weighted by Gasteiger charge is -2.36. The first-order valence-electron chi connectivity index (χ1n) is 8.74. The fraction of sp³-hybridized carbons (Fsp3) is 0.611. The maximum atomic E-state index is 13.8. The van der Waals surface area contributed by atoms with Crippen LogP contribution < -0.4 is 10.2 Å². The molecule has 126 valence electrons. The summed E-state index contributed by atoms with van der Waals surface area (Å²) in [7, 11) is 0. The Hall–Kier alpha value is -1.62. The van der Waals surface area contributed by atoms with Gasteiger partial charge in [0.25, 0.3) is 0 Å². The molecule has 1 aromatic rings. The number of piperazine rings is 1. The van der Waals surface area contributed by atoms with Gasteiger partial charge in [0.2, 0.25) is 5.91 Å². The quantitative estimate of drug-likeness (QED) is 0.905. The van der Waals surface area contributed by atoms with E-state index in [0.29, 0.717) is 44.3 Å². The van der Waals surface area contributed by atoms with E-state index in [0.717, 1.165) is 6.54 Å². The van der Waals surface area contributed by atoms with Gasteiger partial charge in [-0.05, 0) is 25.0 Å². The minimum atomic E-state index is -0.187. The smallest absolute Gasteiger partial charge is 0.223 e. The number of hydrogen-bond acceptors (Lipinski definition) is 3. The number of nitrogens with one attached hydrogen (secondary N) is 1. The Morgan fingerprint density at radius 2 is 1.83 bits per heavy atom. The molecular weight excluding hydrogens is 293 g/mol. The molecule has 3 rings (SSSR count). The SMILES string of the molecule is O=C(CCNC1CCCC1)N1CCN(c2ccccc2F)CC1. The van der Waals surface area contributed by atoms with E-state index >= 15 is 0 Å². The molecular formula is C18H26FN3O. The summed E-state index contributed by atoms with van der Waals surface area (Å²) in [5.74, 6) is 0.0247. The Kier molecular flexibility index (Phi) is 5.49. The molecule has 0 atom stereocenters. The topological polar surface area (TPSA) is 35.6 Å². The van der Waals surface area contributed by atoms with Crippen LogP contribution in [0.5, 0.6) is 0 Å². The van der Waals surface area contributed by atoms with Crippen molar-refractivity contribution in [2.45, 2.75) is 38.1 Å². The molecule has 4 nitrogen and oxygen atoms in total. The fourth-order valence-corrected chi connectivity index (χ4v) is 3.58. The Labute approximate surface area is 137 Å². The third-order valence-electron chi connectivity index (χ3n) is 4.95. The number of halogens is 1. The molecule has 1 saturated carbocycles. The number of hydrogen-bond donors (Lipinski definition) is 1. The standard InChI is InChI=1S/C18H26FN3O/c19-16-7-3-4-8-17(16)21-11-13-22(14-12-21)18(23)9-10-20-15-5-1-2-6-15/h3-4,7-8,15,20H,1-2,5-6,9-14H2. The average Bonchev–Trinajstić information content (AvgIpc) is 3.09. The molecule has 2 fully saturated rings. The predicted molar refractivity (Wildman–Crippen MR) is 90.1 cm³/mol. The van der Waals surface area contributed by atoms with Crippen LogP contribution in [0.4, 0.5) is 10.1 Å². The molecule has 1 amide bonds. The van der Waals surface area contributed by atoms with Crippen molar-refractivity contribution in [1.29, 1.82) is 0 Å². The van der Waals surface area contributed by atoms with Gasteiger partial charge in [0.05, 0.1) is 5.69 Å². The molecule has 0 aromatic heterocycles. The first-order chi connectivity index (χ1) is 11.2. The van der Waals surface area contributed by atoms with E-state index in [2.05, 4.69) is 5.32 Å². The lowest BCUT2D eigenvalue weighted by molar-refractivity contribution is -0.131. The maximum absolute atomic E-state index is 13.8. The monoisotopic (exact) mass is 319 g/mol. The predicted octanol–water partition coefficient (Wildman–Crippen LogP) is 2.40. The Morgan fingerprint density at radius 1 is 1.13 bits per heavy atom. The summed E-state index contributed by atoms with van der Waals surface area (Å²) in [6.45, 7) is 3.52. The van der Waals surface area contributed by atoms with Gasteiger partial charge in [-0.2, -0.15) is 0 Å². The van der Waals surface area contributed by atoms with Crippen LogP contribution in [-0.2, 0) is 4.79 Å². The number of carbonyl (C=O) groups is 1. The highest BCUT2D eigenvalue weighted by atomic mass is 19.1. The molecule has 0 bridgehead atoms. The van der Waals surface area contributed by atoms with Gasteiger partial charge in [-0.3, -0.25) is 4.79 Å². The molecule has 23 heavy (non-hydrogen) atoms. The molecule has 0 radical (unpaired) electrons. The van der Waals surface area contributed by atoms with E-state index in [-0.39, 0.29) is 11.7 Å². The average molecular weight is 319 g/mol. The highest BCUT2D eigenvalue weighted by Gasteiger charge is 2.22. The van der Waals surface area contributed by atoms with Gasteiger partial charge in [-0.25, -0.2) is 4.39 Å². The summed E-state index contributed by atoms with van der Waals surface area (Å²) in [6.07, 6.45) is 5.68. The molecule has 1 aromatic carbocycles. The second kappa shape index (κ2) is 7.77. The van der Waals surface area contributed by atoms with Crippen molar-refractivity contribution in [3.63, 3.8) is 0 Å². The van der Waals surface area contributed by atoms with Crippen molar-refractivity contribution >= 4 is 11.6 Å². The summed E-state index contributed by atoms with van der Waals surface area (Å²) >= 11 is 0. The second-order valence-electron chi connectivity index (χ2n) is 6.50. The summed E-state index contributed by atoms with van der Waals surface area (Å²) in [5, 5.41) is 3.49. The van der Waals surface area contributed by atoms with Crippen molar-refractivity contribution in [2.75, 3.05) is 37.6 Å². The third-order valence-corrected chi connectivity index (χ3v) is 4.95. The van der Waals surface area contributed by atoms with Crippen LogP contribution in [0, 0.1) is 5.82 Å². The number of amides is 1. The zero-order valence-electron chi connectivity index (χ0n) is 13.6. The van der Waals surface area contributed by atoms with Gasteiger partial charge < -0.3 is 15.1 Å². The van der Waals surface area contributed by atoms with Crippen molar-refractivity contribution < 1.29 is 9.18 Å². The molecule has 1 aliphatic heterocycles. The number of benzene rings is 1. The first kappa shape index (κ1) is 16.2. The van der Waals surface area contributed by atoms with Crippen LogP contribution in [-0.4, -0.2) is 49.6 Å². The summed E-state index contributed by atoms with van der Waals surface area (Å²) in [5.41, 5.74) is 0.641.